The Hall–Kier alpha value is -2.15. The van der Waals surface area contributed by atoms with Crippen LogP contribution in [0.15, 0.2) is 6.07 Å². The number of aromatic nitrogens is 4. The van der Waals surface area contributed by atoms with Gasteiger partial charge in [0.1, 0.15) is 5.69 Å². The first-order valence-electron chi connectivity index (χ1n) is 7.86. The molecular formula is C16H25N5O2. The average molecular weight is 319 g/mol. The molecule has 7 heteroatoms. The molecule has 0 aromatic carbocycles. The molecule has 126 valence electrons. The van der Waals surface area contributed by atoms with E-state index in [1.165, 1.54) is 0 Å². The van der Waals surface area contributed by atoms with Gasteiger partial charge in [-0.2, -0.15) is 10.2 Å². The monoisotopic (exact) mass is 319 g/mol. The number of H-pyrrole nitrogens is 1. The number of carbonyl (C=O) groups is 1. The van der Waals surface area contributed by atoms with Crippen molar-refractivity contribution in [3.05, 3.63) is 23.1 Å². The number of hydrogen-bond acceptors (Lipinski definition) is 4. The second kappa shape index (κ2) is 7.41. The first kappa shape index (κ1) is 17.2. The number of nitrogens with zero attached hydrogens (tertiary/aromatic N) is 3. The average Bonchev–Trinajstić information content (AvgIpc) is 3.04. The lowest BCUT2D eigenvalue weighted by atomic mass is 10.1. The van der Waals surface area contributed by atoms with Crippen molar-refractivity contribution in [2.24, 2.45) is 7.05 Å². The van der Waals surface area contributed by atoms with Crippen LogP contribution in [0, 0.1) is 13.8 Å². The summed E-state index contributed by atoms with van der Waals surface area (Å²) in [5.74, 6) is -0.160. The second-order valence-corrected chi connectivity index (χ2v) is 5.87. The Morgan fingerprint density at radius 2 is 2.17 bits per heavy atom. The van der Waals surface area contributed by atoms with Gasteiger partial charge in [0.2, 0.25) is 0 Å². The Bertz CT molecular complexity index is 672. The van der Waals surface area contributed by atoms with E-state index in [0.29, 0.717) is 18.8 Å². The Kier molecular flexibility index (Phi) is 5.54. The minimum atomic E-state index is -0.160. The van der Waals surface area contributed by atoms with Crippen LogP contribution in [0.3, 0.4) is 0 Å². The van der Waals surface area contributed by atoms with Gasteiger partial charge in [-0.3, -0.25) is 14.6 Å². The number of carbonyl (C=O) groups excluding carboxylic acids is 1. The van der Waals surface area contributed by atoms with E-state index in [1.54, 1.807) is 6.07 Å². The highest BCUT2D eigenvalue weighted by molar-refractivity contribution is 5.93. The molecule has 0 unspecified atom stereocenters. The Morgan fingerprint density at radius 3 is 2.78 bits per heavy atom. The van der Waals surface area contributed by atoms with Crippen molar-refractivity contribution < 1.29 is 9.53 Å². The fourth-order valence-corrected chi connectivity index (χ4v) is 2.40. The topological polar surface area (TPSA) is 84.8 Å². The van der Waals surface area contributed by atoms with Crippen LogP contribution in [0.2, 0.25) is 0 Å². The van der Waals surface area contributed by atoms with E-state index < -0.39 is 0 Å². The SMILES string of the molecule is Cc1nn(C)c(C)c1-c1cc(C(=O)NCCCOC(C)C)[nH]n1. The predicted octanol–water partition coefficient (Wildman–Crippen LogP) is 1.97. The molecule has 2 heterocycles. The molecule has 1 amide bonds. The zero-order chi connectivity index (χ0) is 17.0. The summed E-state index contributed by atoms with van der Waals surface area (Å²) in [6, 6.07) is 1.76. The first-order chi connectivity index (χ1) is 10.9. The summed E-state index contributed by atoms with van der Waals surface area (Å²) in [6.45, 7) is 9.12. The van der Waals surface area contributed by atoms with Crippen molar-refractivity contribution in [2.45, 2.75) is 40.2 Å². The number of aromatic amines is 1. The zero-order valence-electron chi connectivity index (χ0n) is 14.4. The quantitative estimate of drug-likeness (QED) is 0.764. The lowest BCUT2D eigenvalue weighted by Crippen LogP contribution is -2.25. The normalized spacial score (nSPS) is 11.2. The van der Waals surface area contributed by atoms with Gasteiger partial charge in [-0.15, -0.1) is 0 Å². The molecule has 0 aliphatic heterocycles. The summed E-state index contributed by atoms with van der Waals surface area (Å²) in [5.41, 5.74) is 4.07. The number of ether oxygens (including phenoxy) is 1. The highest BCUT2D eigenvalue weighted by Gasteiger charge is 2.16. The molecule has 7 nitrogen and oxygen atoms in total. The van der Waals surface area contributed by atoms with Crippen molar-refractivity contribution in [3.8, 4) is 11.3 Å². The van der Waals surface area contributed by atoms with Crippen LogP contribution in [-0.2, 0) is 11.8 Å². The lowest BCUT2D eigenvalue weighted by Gasteiger charge is -2.07. The third-order valence-corrected chi connectivity index (χ3v) is 3.65. The second-order valence-electron chi connectivity index (χ2n) is 5.87. The van der Waals surface area contributed by atoms with E-state index in [1.807, 2.05) is 39.4 Å². The van der Waals surface area contributed by atoms with Gasteiger partial charge in [0.25, 0.3) is 5.91 Å². The predicted molar refractivity (Wildman–Crippen MR) is 88.3 cm³/mol. The molecule has 2 aromatic heterocycles. The molecule has 0 aliphatic carbocycles. The fourth-order valence-electron chi connectivity index (χ4n) is 2.40. The number of aryl methyl sites for hydroxylation is 2. The van der Waals surface area contributed by atoms with E-state index in [9.17, 15) is 4.79 Å². The molecule has 2 aromatic rings. The summed E-state index contributed by atoms with van der Waals surface area (Å²) in [7, 11) is 1.89. The molecule has 0 radical (unpaired) electrons. The minimum absolute atomic E-state index is 0.160. The summed E-state index contributed by atoms with van der Waals surface area (Å²) >= 11 is 0. The van der Waals surface area contributed by atoms with E-state index in [0.717, 1.165) is 29.1 Å². The van der Waals surface area contributed by atoms with Gasteiger partial charge < -0.3 is 10.1 Å². The van der Waals surface area contributed by atoms with Crippen LogP contribution in [0.4, 0.5) is 0 Å². The van der Waals surface area contributed by atoms with Crippen molar-refractivity contribution in [1.82, 2.24) is 25.3 Å². The molecule has 0 bridgehead atoms. The van der Waals surface area contributed by atoms with Gasteiger partial charge >= 0.3 is 0 Å². The smallest absolute Gasteiger partial charge is 0.269 e. The molecule has 0 saturated carbocycles. The van der Waals surface area contributed by atoms with Crippen LogP contribution in [0.25, 0.3) is 11.3 Å². The molecule has 0 fully saturated rings. The van der Waals surface area contributed by atoms with Crippen molar-refractivity contribution in [3.63, 3.8) is 0 Å². The van der Waals surface area contributed by atoms with E-state index in [2.05, 4.69) is 20.6 Å². The standard InChI is InChI=1S/C16H25N5O2/c1-10(2)23-8-6-7-17-16(22)14-9-13(18-19-14)15-11(3)20-21(5)12(15)4/h9-10H,6-8H2,1-5H3,(H,17,22)(H,18,19). The van der Waals surface area contributed by atoms with Gasteiger partial charge in [-0.1, -0.05) is 0 Å². The van der Waals surface area contributed by atoms with Gasteiger partial charge in [0.15, 0.2) is 0 Å². The molecule has 0 aliphatic rings. The van der Waals surface area contributed by atoms with Gasteiger partial charge in [0, 0.05) is 31.5 Å². The number of amides is 1. The fraction of sp³-hybridized carbons (Fsp3) is 0.562. The summed E-state index contributed by atoms with van der Waals surface area (Å²) in [4.78, 5) is 12.1. The van der Waals surface area contributed by atoms with E-state index >= 15 is 0 Å². The highest BCUT2D eigenvalue weighted by Crippen LogP contribution is 2.25. The molecule has 23 heavy (non-hydrogen) atoms. The molecular weight excluding hydrogens is 294 g/mol. The number of nitrogens with one attached hydrogen (secondary N) is 2. The maximum absolute atomic E-state index is 12.1. The molecule has 2 N–H and O–H groups in total. The Morgan fingerprint density at radius 1 is 1.43 bits per heavy atom. The van der Waals surface area contributed by atoms with Crippen molar-refractivity contribution >= 4 is 5.91 Å². The van der Waals surface area contributed by atoms with Crippen LogP contribution >= 0.6 is 0 Å². The van der Waals surface area contributed by atoms with Gasteiger partial charge in [-0.25, -0.2) is 0 Å². The summed E-state index contributed by atoms with van der Waals surface area (Å²) in [6.07, 6.45) is 0.998. The third-order valence-electron chi connectivity index (χ3n) is 3.65. The van der Waals surface area contributed by atoms with Gasteiger partial charge in [0.05, 0.1) is 17.5 Å². The zero-order valence-corrected chi connectivity index (χ0v) is 14.4. The van der Waals surface area contributed by atoms with Crippen LogP contribution in [-0.4, -0.2) is 45.1 Å². The largest absolute Gasteiger partial charge is 0.379 e. The van der Waals surface area contributed by atoms with Crippen LogP contribution < -0.4 is 5.32 Å². The van der Waals surface area contributed by atoms with E-state index in [4.69, 9.17) is 4.74 Å². The third kappa shape index (κ3) is 4.19. The summed E-state index contributed by atoms with van der Waals surface area (Å²) < 4.78 is 7.25. The van der Waals surface area contributed by atoms with Crippen molar-refractivity contribution in [2.75, 3.05) is 13.2 Å². The maximum atomic E-state index is 12.1. The molecule has 0 spiro atoms. The van der Waals surface area contributed by atoms with E-state index in [-0.39, 0.29) is 12.0 Å². The van der Waals surface area contributed by atoms with Gasteiger partial charge in [-0.05, 0) is 40.2 Å². The number of rotatable bonds is 7. The Labute approximate surface area is 136 Å². The summed E-state index contributed by atoms with van der Waals surface area (Å²) in [5, 5.41) is 14.3. The van der Waals surface area contributed by atoms with Crippen LogP contribution in [0.5, 0.6) is 0 Å². The maximum Gasteiger partial charge on any atom is 0.269 e. The molecule has 2 rings (SSSR count). The lowest BCUT2D eigenvalue weighted by molar-refractivity contribution is 0.0756. The van der Waals surface area contributed by atoms with Crippen LogP contribution in [0.1, 0.15) is 42.1 Å². The molecule has 0 saturated heterocycles. The number of hydrogen-bond donors (Lipinski definition) is 2. The highest BCUT2D eigenvalue weighted by atomic mass is 16.5. The first-order valence-corrected chi connectivity index (χ1v) is 7.86. The van der Waals surface area contributed by atoms with Crippen molar-refractivity contribution in [1.29, 1.82) is 0 Å². The Balaban J connectivity index is 1.95. The minimum Gasteiger partial charge on any atom is -0.379 e. The molecule has 0 atom stereocenters.